The fraction of sp³-hybridized carbons (Fsp3) is 0.526. The van der Waals surface area contributed by atoms with E-state index >= 15 is 0 Å². The van der Waals surface area contributed by atoms with Crippen LogP contribution in [0.2, 0.25) is 0 Å². The highest BCUT2D eigenvalue weighted by Crippen LogP contribution is 2.36. The van der Waals surface area contributed by atoms with Crippen LogP contribution in [0.4, 0.5) is 13.2 Å². The molecule has 0 aliphatic rings. The van der Waals surface area contributed by atoms with Gasteiger partial charge in [-0.15, -0.1) is 0 Å². The second-order valence-corrected chi connectivity index (χ2v) is 6.13. The van der Waals surface area contributed by atoms with Gasteiger partial charge >= 0.3 is 11.8 Å². The van der Waals surface area contributed by atoms with Crippen LogP contribution in [-0.4, -0.2) is 6.61 Å². The third kappa shape index (κ3) is 4.77. The topological polar surface area (TPSA) is 39.4 Å². The molecule has 0 fully saturated rings. The van der Waals surface area contributed by atoms with Crippen molar-refractivity contribution in [3.8, 4) is 5.75 Å². The molecule has 1 aromatic heterocycles. The highest BCUT2D eigenvalue weighted by molar-refractivity contribution is 5.87. The maximum absolute atomic E-state index is 13.1. The lowest BCUT2D eigenvalue weighted by Gasteiger charge is -2.14. The number of unbranched alkanes of at least 4 members (excludes halogenated alkanes) is 5. The molecule has 0 aliphatic heterocycles. The van der Waals surface area contributed by atoms with Gasteiger partial charge < -0.3 is 9.15 Å². The van der Waals surface area contributed by atoms with Crippen LogP contribution in [0.1, 0.15) is 56.6 Å². The van der Waals surface area contributed by atoms with Gasteiger partial charge in [0.2, 0.25) is 0 Å². The van der Waals surface area contributed by atoms with Gasteiger partial charge in [-0.25, -0.2) is 4.79 Å². The SMILES string of the molecule is CCCCCCCCOc1cccc2oc(=O)c(C(F)(F)F)c(C)c12. The first-order chi connectivity index (χ1) is 11.9. The molecule has 3 nitrogen and oxygen atoms in total. The lowest BCUT2D eigenvalue weighted by molar-refractivity contribution is -0.140. The zero-order valence-electron chi connectivity index (χ0n) is 14.5. The van der Waals surface area contributed by atoms with E-state index in [1.807, 2.05) is 0 Å². The molecule has 0 saturated carbocycles. The van der Waals surface area contributed by atoms with Crippen molar-refractivity contribution in [2.45, 2.75) is 58.5 Å². The van der Waals surface area contributed by atoms with Gasteiger partial charge in [0.1, 0.15) is 16.9 Å². The molecule has 0 aliphatic carbocycles. The summed E-state index contributed by atoms with van der Waals surface area (Å²) >= 11 is 0. The zero-order chi connectivity index (χ0) is 18.4. The van der Waals surface area contributed by atoms with Gasteiger partial charge in [-0.2, -0.15) is 13.2 Å². The lowest BCUT2D eigenvalue weighted by Crippen LogP contribution is -2.20. The molecule has 0 saturated heterocycles. The molecular formula is C19H23F3O3. The Hall–Kier alpha value is -1.98. The Morgan fingerprint density at radius 3 is 2.44 bits per heavy atom. The van der Waals surface area contributed by atoms with Crippen molar-refractivity contribution in [1.29, 1.82) is 0 Å². The summed E-state index contributed by atoms with van der Waals surface area (Å²) in [6.07, 6.45) is 1.80. The van der Waals surface area contributed by atoms with E-state index in [0.29, 0.717) is 12.4 Å². The van der Waals surface area contributed by atoms with Gasteiger partial charge in [0.15, 0.2) is 0 Å². The molecule has 0 spiro atoms. The van der Waals surface area contributed by atoms with Crippen LogP contribution in [0, 0.1) is 6.92 Å². The van der Waals surface area contributed by atoms with Crippen LogP contribution in [0.3, 0.4) is 0 Å². The Balaban J connectivity index is 2.19. The summed E-state index contributed by atoms with van der Waals surface area (Å²) in [6.45, 7) is 3.85. The van der Waals surface area contributed by atoms with E-state index in [-0.39, 0.29) is 16.5 Å². The van der Waals surface area contributed by atoms with Crippen LogP contribution < -0.4 is 10.4 Å². The minimum absolute atomic E-state index is 0.107. The number of aryl methyl sites for hydroxylation is 1. The lowest BCUT2D eigenvalue weighted by atomic mass is 10.0. The minimum Gasteiger partial charge on any atom is -0.493 e. The number of ether oxygens (including phenoxy) is 1. The Labute approximate surface area is 144 Å². The molecule has 0 bridgehead atoms. The third-order valence-electron chi connectivity index (χ3n) is 4.18. The fourth-order valence-electron chi connectivity index (χ4n) is 2.91. The second-order valence-electron chi connectivity index (χ2n) is 6.13. The Morgan fingerprint density at radius 2 is 1.76 bits per heavy atom. The van der Waals surface area contributed by atoms with Crippen LogP contribution >= 0.6 is 0 Å². The maximum atomic E-state index is 13.1. The van der Waals surface area contributed by atoms with Crippen molar-refractivity contribution in [2.24, 2.45) is 0 Å². The number of hydrogen-bond acceptors (Lipinski definition) is 3. The Bertz CT molecular complexity index is 763. The molecule has 0 radical (unpaired) electrons. The Kier molecular flexibility index (Phi) is 6.51. The molecule has 2 aromatic rings. The van der Waals surface area contributed by atoms with Crippen molar-refractivity contribution < 1.29 is 22.3 Å². The number of fused-ring (bicyclic) bond motifs is 1. The number of rotatable bonds is 8. The molecule has 2 rings (SSSR count). The highest BCUT2D eigenvalue weighted by atomic mass is 19.4. The molecule has 0 atom stereocenters. The predicted octanol–water partition coefficient (Wildman–Crippen LogP) is 5.86. The highest BCUT2D eigenvalue weighted by Gasteiger charge is 2.38. The molecule has 0 N–H and O–H groups in total. The smallest absolute Gasteiger partial charge is 0.423 e. The molecule has 6 heteroatoms. The number of alkyl halides is 3. The normalized spacial score (nSPS) is 11.9. The van der Waals surface area contributed by atoms with Crippen LogP contribution in [0.5, 0.6) is 5.75 Å². The first-order valence-corrected chi connectivity index (χ1v) is 8.62. The summed E-state index contributed by atoms with van der Waals surface area (Å²) in [4.78, 5) is 11.7. The molecule has 1 heterocycles. The first kappa shape index (κ1) is 19.3. The van der Waals surface area contributed by atoms with Crippen LogP contribution in [-0.2, 0) is 6.18 Å². The maximum Gasteiger partial charge on any atom is 0.423 e. The van der Waals surface area contributed by atoms with Gasteiger partial charge in [0, 0.05) is 0 Å². The minimum atomic E-state index is -4.76. The van der Waals surface area contributed by atoms with Crippen molar-refractivity contribution in [3.05, 3.63) is 39.7 Å². The average Bonchev–Trinajstić information content (AvgIpc) is 2.52. The number of hydrogen-bond donors (Lipinski definition) is 0. The van der Waals surface area contributed by atoms with Crippen LogP contribution in [0.25, 0.3) is 11.0 Å². The van der Waals surface area contributed by atoms with Crippen molar-refractivity contribution in [1.82, 2.24) is 0 Å². The molecule has 1 aromatic carbocycles. The largest absolute Gasteiger partial charge is 0.493 e. The number of halogens is 3. The van der Waals surface area contributed by atoms with Gasteiger partial charge in [0.25, 0.3) is 0 Å². The van der Waals surface area contributed by atoms with E-state index < -0.39 is 17.4 Å². The summed E-state index contributed by atoms with van der Waals surface area (Å²) in [5.41, 5.74) is -2.69. The number of benzene rings is 1. The predicted molar refractivity (Wildman–Crippen MR) is 91.1 cm³/mol. The van der Waals surface area contributed by atoms with Gasteiger partial charge in [-0.3, -0.25) is 0 Å². The summed E-state index contributed by atoms with van der Waals surface area (Å²) in [5, 5.41) is 0.209. The Morgan fingerprint density at radius 1 is 1.08 bits per heavy atom. The summed E-state index contributed by atoms with van der Waals surface area (Å²) < 4.78 is 49.9. The second kappa shape index (κ2) is 8.41. The molecule has 0 unspecified atom stereocenters. The average molecular weight is 356 g/mol. The van der Waals surface area contributed by atoms with Crippen molar-refractivity contribution in [2.75, 3.05) is 6.61 Å². The van der Waals surface area contributed by atoms with E-state index in [1.54, 1.807) is 12.1 Å². The summed E-state index contributed by atoms with van der Waals surface area (Å²) in [6, 6.07) is 4.68. The summed E-state index contributed by atoms with van der Waals surface area (Å²) in [5.74, 6) is 0.317. The standard InChI is InChI=1S/C19H23F3O3/c1-3-4-5-6-7-8-12-24-14-10-9-11-15-16(14)13(2)17(18(23)25-15)19(20,21)22/h9-11H,3-8,12H2,1-2H3. The third-order valence-corrected chi connectivity index (χ3v) is 4.18. The zero-order valence-corrected chi connectivity index (χ0v) is 14.5. The first-order valence-electron chi connectivity index (χ1n) is 8.62. The van der Waals surface area contributed by atoms with Gasteiger partial charge in [-0.1, -0.05) is 45.1 Å². The molecule has 25 heavy (non-hydrogen) atoms. The van der Waals surface area contributed by atoms with E-state index in [2.05, 4.69) is 6.92 Å². The fourth-order valence-corrected chi connectivity index (χ4v) is 2.91. The quantitative estimate of drug-likeness (QED) is 0.439. The van der Waals surface area contributed by atoms with E-state index in [4.69, 9.17) is 9.15 Å². The monoisotopic (exact) mass is 356 g/mol. The van der Waals surface area contributed by atoms with E-state index in [9.17, 15) is 18.0 Å². The molecule has 138 valence electrons. The van der Waals surface area contributed by atoms with Crippen molar-refractivity contribution in [3.63, 3.8) is 0 Å². The van der Waals surface area contributed by atoms with Gasteiger partial charge in [-0.05, 0) is 31.0 Å². The van der Waals surface area contributed by atoms with Crippen LogP contribution in [0.15, 0.2) is 27.4 Å². The van der Waals surface area contributed by atoms with E-state index in [1.165, 1.54) is 32.3 Å². The molecule has 0 amide bonds. The summed E-state index contributed by atoms with van der Waals surface area (Å²) in [7, 11) is 0. The van der Waals surface area contributed by atoms with E-state index in [0.717, 1.165) is 19.3 Å². The van der Waals surface area contributed by atoms with Gasteiger partial charge in [0.05, 0.1) is 12.0 Å². The van der Waals surface area contributed by atoms with Crippen molar-refractivity contribution >= 4 is 11.0 Å². The molecular weight excluding hydrogens is 333 g/mol.